The fourth-order valence-corrected chi connectivity index (χ4v) is 6.01. The second-order valence-electron chi connectivity index (χ2n) is 7.73. The minimum Gasteiger partial charge on any atom is -0.368 e. The van der Waals surface area contributed by atoms with E-state index in [1.54, 1.807) is 6.92 Å². The van der Waals surface area contributed by atoms with Gasteiger partial charge in [-0.3, -0.25) is 14.5 Å². The molecule has 2 bridgehead atoms. The number of imide groups is 1. The van der Waals surface area contributed by atoms with Gasteiger partial charge in [-0.1, -0.05) is 0 Å². The van der Waals surface area contributed by atoms with E-state index < -0.39 is 48.9 Å². The Morgan fingerprint density at radius 3 is 2.19 bits per heavy atom. The molecule has 0 aromatic carbocycles. The lowest BCUT2D eigenvalue weighted by Gasteiger charge is -2.24. The molecule has 4 aliphatic rings. The van der Waals surface area contributed by atoms with Crippen molar-refractivity contribution in [3.8, 4) is 6.07 Å². The summed E-state index contributed by atoms with van der Waals surface area (Å²) in [6.07, 6.45) is -1.43. The van der Waals surface area contributed by atoms with E-state index in [4.69, 9.17) is 49.6 Å². The highest BCUT2D eigenvalue weighted by Crippen LogP contribution is 2.54. The van der Waals surface area contributed by atoms with Gasteiger partial charge >= 0.3 is 6.72 Å². The number of nitriles is 1. The van der Waals surface area contributed by atoms with Crippen molar-refractivity contribution in [2.45, 2.75) is 50.2 Å². The Hall–Kier alpha value is -1.00. The smallest absolute Gasteiger partial charge is 0.326 e. The minimum atomic E-state index is -2.95. The van der Waals surface area contributed by atoms with E-state index >= 15 is 0 Å². The topological polar surface area (TPSA) is 126 Å². The first-order valence-corrected chi connectivity index (χ1v) is 12.6. The van der Waals surface area contributed by atoms with Crippen molar-refractivity contribution in [2.24, 2.45) is 11.8 Å². The van der Waals surface area contributed by atoms with Gasteiger partial charge in [0.1, 0.15) is 12.2 Å². The maximum atomic E-state index is 13.0. The van der Waals surface area contributed by atoms with E-state index in [0.29, 0.717) is 6.42 Å². The van der Waals surface area contributed by atoms with E-state index in [0.717, 1.165) is 0 Å². The van der Waals surface area contributed by atoms with Gasteiger partial charge in [-0.05, 0) is 18.2 Å². The van der Waals surface area contributed by atoms with Crippen LogP contribution in [-0.2, 0) is 53.9 Å². The molecule has 2 amide bonds. The second-order valence-corrected chi connectivity index (χ2v) is 10.9. The van der Waals surface area contributed by atoms with Crippen LogP contribution >= 0.6 is 6.72 Å². The number of rotatable bonds is 10. The molecule has 0 N–H and O–H groups in total. The largest absolute Gasteiger partial charge is 0.368 e. The SMILES string of the molecule is COC1(C)OC2C3O[C@@H](C4C(=O)N(CCCOP(=S)(OC)OCCC#N)C(=O)C34)[C@H]2O1. The number of likely N-dealkylation sites (tertiary alicyclic amines) is 1. The Kier molecular flexibility index (Phi) is 6.53. The Bertz CT molecular complexity index is 799. The van der Waals surface area contributed by atoms with Crippen LogP contribution in [0, 0.1) is 23.2 Å². The van der Waals surface area contributed by atoms with Crippen LogP contribution in [0.15, 0.2) is 0 Å². The Morgan fingerprint density at radius 2 is 1.68 bits per heavy atom. The van der Waals surface area contributed by atoms with E-state index in [1.165, 1.54) is 19.1 Å². The van der Waals surface area contributed by atoms with E-state index in [1.807, 2.05) is 6.07 Å². The quantitative estimate of drug-likeness (QED) is 0.251. The molecule has 0 aromatic heterocycles. The van der Waals surface area contributed by atoms with Crippen molar-refractivity contribution < 1.29 is 42.1 Å². The molecule has 0 aromatic rings. The second kappa shape index (κ2) is 8.74. The van der Waals surface area contributed by atoms with Crippen molar-refractivity contribution in [3.05, 3.63) is 0 Å². The van der Waals surface area contributed by atoms with Crippen LogP contribution < -0.4 is 0 Å². The van der Waals surface area contributed by atoms with Crippen molar-refractivity contribution in [1.82, 2.24) is 4.90 Å². The molecule has 0 radical (unpaired) electrons. The van der Waals surface area contributed by atoms with Crippen LogP contribution in [0.5, 0.6) is 0 Å². The first-order valence-electron chi connectivity index (χ1n) is 10.0. The molecular weight excluding hydrogens is 451 g/mol. The normalized spacial score (nSPS) is 40.1. The lowest BCUT2D eigenvalue weighted by molar-refractivity contribution is -0.330. The highest BCUT2D eigenvalue weighted by Gasteiger charge is 2.73. The molecule has 13 heteroatoms. The summed E-state index contributed by atoms with van der Waals surface area (Å²) in [6.45, 7) is -0.840. The summed E-state index contributed by atoms with van der Waals surface area (Å²) in [7, 11) is 2.86. The average molecular weight is 476 g/mol. The summed E-state index contributed by atoms with van der Waals surface area (Å²) < 4.78 is 38.9. The zero-order chi connectivity index (χ0) is 22.4. The molecule has 11 nitrogen and oxygen atoms in total. The van der Waals surface area contributed by atoms with Crippen molar-refractivity contribution in [1.29, 1.82) is 5.26 Å². The molecule has 31 heavy (non-hydrogen) atoms. The van der Waals surface area contributed by atoms with Crippen LogP contribution in [0.25, 0.3) is 0 Å². The van der Waals surface area contributed by atoms with E-state index in [9.17, 15) is 9.59 Å². The zero-order valence-corrected chi connectivity index (χ0v) is 19.1. The molecule has 0 saturated carbocycles. The molecule has 4 saturated heterocycles. The maximum absolute atomic E-state index is 13.0. The lowest BCUT2D eigenvalue weighted by atomic mass is 9.78. The van der Waals surface area contributed by atoms with Crippen molar-refractivity contribution in [2.75, 3.05) is 34.0 Å². The third kappa shape index (κ3) is 3.97. The number of ether oxygens (including phenoxy) is 4. The number of fused-ring (bicyclic) bond motifs is 8. The van der Waals surface area contributed by atoms with Crippen LogP contribution in [0.3, 0.4) is 0 Å². The molecular formula is C18H25N2O9PS. The summed E-state index contributed by atoms with van der Waals surface area (Å²) in [5.74, 6) is -2.91. The molecule has 4 rings (SSSR count). The first kappa shape index (κ1) is 23.2. The summed E-state index contributed by atoms with van der Waals surface area (Å²) in [5.41, 5.74) is 0. The van der Waals surface area contributed by atoms with Gasteiger partial charge in [-0.15, -0.1) is 0 Å². The van der Waals surface area contributed by atoms with Gasteiger partial charge in [0.25, 0.3) is 5.97 Å². The molecule has 6 unspecified atom stereocenters. The van der Waals surface area contributed by atoms with Gasteiger partial charge in [0.2, 0.25) is 11.8 Å². The summed E-state index contributed by atoms with van der Waals surface area (Å²) in [5, 5.41) is 8.59. The number of amides is 2. The monoisotopic (exact) mass is 476 g/mol. The molecule has 172 valence electrons. The molecule has 4 fully saturated rings. The summed E-state index contributed by atoms with van der Waals surface area (Å²) in [6, 6.07) is 1.95. The number of carbonyl (C=O) groups excluding carboxylic acids is 2. The number of nitrogens with zero attached hydrogens (tertiary/aromatic N) is 2. The molecule has 0 spiro atoms. The molecule has 4 heterocycles. The molecule has 0 aliphatic carbocycles. The van der Waals surface area contributed by atoms with E-state index in [2.05, 4.69) is 0 Å². The van der Waals surface area contributed by atoms with Gasteiger partial charge in [0.15, 0.2) is 0 Å². The van der Waals surface area contributed by atoms with E-state index in [-0.39, 0.29) is 38.0 Å². The van der Waals surface area contributed by atoms with Crippen LogP contribution in [0.4, 0.5) is 0 Å². The van der Waals surface area contributed by atoms with Gasteiger partial charge < -0.3 is 32.5 Å². The third-order valence-electron chi connectivity index (χ3n) is 6.02. The number of hydrogen-bond acceptors (Lipinski definition) is 11. The number of hydrogen-bond donors (Lipinski definition) is 0. The van der Waals surface area contributed by atoms with Crippen LogP contribution in [0.1, 0.15) is 19.8 Å². The van der Waals surface area contributed by atoms with Crippen molar-refractivity contribution >= 4 is 30.3 Å². The highest BCUT2D eigenvalue weighted by molar-refractivity contribution is 8.07. The summed E-state index contributed by atoms with van der Waals surface area (Å²) in [4.78, 5) is 27.2. The molecule has 8 atom stereocenters. The van der Waals surface area contributed by atoms with Crippen molar-refractivity contribution in [3.63, 3.8) is 0 Å². The Balaban J connectivity index is 1.32. The third-order valence-corrected chi connectivity index (χ3v) is 8.54. The maximum Gasteiger partial charge on any atom is 0.326 e. The zero-order valence-electron chi connectivity index (χ0n) is 17.4. The predicted octanol–water partition coefficient (Wildman–Crippen LogP) is 0.681. The predicted molar refractivity (Wildman–Crippen MR) is 106 cm³/mol. The minimum absolute atomic E-state index is 0.117. The lowest BCUT2D eigenvalue weighted by Crippen LogP contribution is -2.46. The van der Waals surface area contributed by atoms with Crippen LogP contribution in [0.2, 0.25) is 0 Å². The molecule has 4 aliphatic heterocycles. The van der Waals surface area contributed by atoms with Gasteiger partial charge in [-0.2, -0.15) is 5.26 Å². The fourth-order valence-electron chi connectivity index (χ4n) is 4.61. The highest BCUT2D eigenvalue weighted by atomic mass is 32.5. The van der Waals surface area contributed by atoms with Gasteiger partial charge in [-0.25, -0.2) is 0 Å². The Labute approximate surface area is 185 Å². The van der Waals surface area contributed by atoms with Crippen LogP contribution in [-0.4, -0.2) is 81.1 Å². The summed E-state index contributed by atoms with van der Waals surface area (Å²) >= 11 is 5.22. The number of methoxy groups -OCH3 is 1. The standard InChI is InChI=1S/C18H25N2O9PS/c1-18(23-2)28-14-12-10-11(13(27-12)15(14)29-18)17(22)20(16(10)21)7-5-9-26-30(31,24-3)25-8-4-6-19/h10-15H,4-5,7-9H2,1-3H3/t10?,11?,12-,13?,14+,15?,18?,30?/m0/s1. The van der Waals surface area contributed by atoms with Gasteiger partial charge in [0.05, 0.1) is 49.7 Å². The van der Waals surface area contributed by atoms with Gasteiger partial charge in [0, 0.05) is 27.7 Å². The average Bonchev–Trinajstić information content (AvgIpc) is 3.45. The fraction of sp³-hybridized carbons (Fsp3) is 0.833. The number of carbonyl (C=O) groups is 2. The Morgan fingerprint density at radius 1 is 1.10 bits per heavy atom. The first-order chi connectivity index (χ1) is 14.8.